The van der Waals surface area contributed by atoms with Crippen molar-refractivity contribution >= 4 is 28.3 Å². The van der Waals surface area contributed by atoms with Crippen LogP contribution < -0.4 is 10.3 Å². The van der Waals surface area contributed by atoms with E-state index < -0.39 is 28.6 Å². The molecule has 3 heterocycles. The van der Waals surface area contributed by atoms with Gasteiger partial charge in [0.1, 0.15) is 22.9 Å². The molecule has 10 heteroatoms. The van der Waals surface area contributed by atoms with Crippen molar-refractivity contribution in [3.05, 3.63) is 39.7 Å². The van der Waals surface area contributed by atoms with Gasteiger partial charge in [-0.15, -0.1) is 0 Å². The summed E-state index contributed by atoms with van der Waals surface area (Å²) in [5.41, 5.74) is -1.69. The summed E-state index contributed by atoms with van der Waals surface area (Å²) in [6.07, 6.45) is 2.79. The molecule has 1 aliphatic carbocycles. The number of ether oxygens (including phenoxy) is 1. The number of benzene rings is 1. The average molecular weight is 461 g/mol. The molecule has 176 valence electrons. The summed E-state index contributed by atoms with van der Waals surface area (Å²) < 4.78 is 38.5. The van der Waals surface area contributed by atoms with Crippen molar-refractivity contribution < 1.29 is 28.2 Å². The summed E-state index contributed by atoms with van der Waals surface area (Å²) in [4.78, 5) is 39.4. The van der Waals surface area contributed by atoms with E-state index in [2.05, 4.69) is 4.90 Å². The molecule has 1 aromatic carbocycles. The summed E-state index contributed by atoms with van der Waals surface area (Å²) in [6, 6.07) is 0.732. The van der Waals surface area contributed by atoms with Crippen LogP contribution in [-0.2, 0) is 9.53 Å². The van der Waals surface area contributed by atoms with E-state index in [4.69, 9.17) is 4.74 Å². The second-order valence-corrected chi connectivity index (χ2v) is 9.10. The molecule has 3 aliphatic rings. The third kappa shape index (κ3) is 3.80. The minimum atomic E-state index is -1.42. The highest BCUT2D eigenvalue weighted by Crippen LogP contribution is 2.40. The summed E-state index contributed by atoms with van der Waals surface area (Å²) >= 11 is 0. The van der Waals surface area contributed by atoms with E-state index in [0.717, 1.165) is 18.9 Å². The molecule has 2 aromatic rings. The molecule has 1 aromatic heterocycles. The van der Waals surface area contributed by atoms with Gasteiger partial charge in [0.05, 0.1) is 29.7 Å². The zero-order valence-corrected chi connectivity index (χ0v) is 18.2. The Balaban J connectivity index is 1.56. The van der Waals surface area contributed by atoms with Crippen LogP contribution in [0.25, 0.3) is 10.9 Å². The predicted molar refractivity (Wildman–Crippen MR) is 116 cm³/mol. The zero-order chi connectivity index (χ0) is 23.4. The number of aromatic nitrogens is 1. The van der Waals surface area contributed by atoms with Gasteiger partial charge in [0.25, 0.3) is 0 Å². The van der Waals surface area contributed by atoms with Gasteiger partial charge in [-0.3, -0.25) is 14.5 Å². The largest absolute Gasteiger partial charge is 0.477 e. The molecule has 0 amide bonds. The van der Waals surface area contributed by atoms with Gasteiger partial charge in [-0.25, -0.2) is 13.6 Å². The van der Waals surface area contributed by atoms with Gasteiger partial charge in [0, 0.05) is 44.8 Å². The second-order valence-electron chi connectivity index (χ2n) is 9.10. The van der Waals surface area contributed by atoms with Gasteiger partial charge < -0.3 is 19.3 Å². The number of fused-ring (bicyclic) bond motifs is 2. The van der Waals surface area contributed by atoms with E-state index in [0.29, 0.717) is 32.7 Å². The monoisotopic (exact) mass is 461 g/mol. The van der Waals surface area contributed by atoms with Crippen LogP contribution in [0.15, 0.2) is 17.1 Å². The van der Waals surface area contributed by atoms with E-state index >= 15 is 8.78 Å². The molecule has 0 bridgehead atoms. The first-order valence-corrected chi connectivity index (χ1v) is 11.2. The molecule has 33 heavy (non-hydrogen) atoms. The van der Waals surface area contributed by atoms with Crippen LogP contribution in [0.4, 0.5) is 14.5 Å². The van der Waals surface area contributed by atoms with Crippen LogP contribution in [0.3, 0.4) is 0 Å². The number of morpholine rings is 1. The fraction of sp³-hybridized carbons (Fsp3) is 0.522. The van der Waals surface area contributed by atoms with E-state index in [9.17, 15) is 19.5 Å². The van der Waals surface area contributed by atoms with Crippen LogP contribution >= 0.6 is 0 Å². The first kappa shape index (κ1) is 22.0. The summed E-state index contributed by atoms with van der Waals surface area (Å²) in [7, 11) is 0. The number of Topliss-reactive ketones (excluding diaryl/α,β-unsaturated/α-hetero) is 1. The van der Waals surface area contributed by atoms with Gasteiger partial charge in [0.2, 0.25) is 5.43 Å². The molecule has 8 nitrogen and oxygen atoms in total. The van der Waals surface area contributed by atoms with Crippen molar-refractivity contribution in [2.24, 2.45) is 0 Å². The van der Waals surface area contributed by atoms with Crippen LogP contribution in [0, 0.1) is 11.6 Å². The van der Waals surface area contributed by atoms with Crippen molar-refractivity contribution in [1.82, 2.24) is 9.47 Å². The fourth-order valence-corrected chi connectivity index (χ4v) is 5.03. The number of carbonyl (C=O) groups excluding carboxylic acids is 1. The highest BCUT2D eigenvalue weighted by molar-refractivity contribution is 5.94. The zero-order valence-electron chi connectivity index (χ0n) is 18.2. The van der Waals surface area contributed by atoms with E-state index in [1.165, 1.54) is 17.7 Å². The van der Waals surface area contributed by atoms with Crippen LogP contribution in [0.5, 0.6) is 0 Å². The second kappa shape index (κ2) is 8.18. The lowest BCUT2D eigenvalue weighted by Gasteiger charge is -2.36. The molecule has 0 spiro atoms. The highest BCUT2D eigenvalue weighted by Gasteiger charge is 2.42. The van der Waals surface area contributed by atoms with Crippen molar-refractivity contribution in [2.75, 3.05) is 37.7 Å². The van der Waals surface area contributed by atoms with E-state index in [1.807, 2.05) is 0 Å². The lowest BCUT2D eigenvalue weighted by atomic mass is 10.1. The first-order valence-electron chi connectivity index (χ1n) is 11.2. The minimum Gasteiger partial charge on any atom is -0.477 e. The maximum absolute atomic E-state index is 15.9. The number of anilines is 1. The predicted octanol–water partition coefficient (Wildman–Crippen LogP) is 2.18. The Bertz CT molecular complexity index is 1210. The number of carboxylic acid groups (broad SMARTS) is 1. The summed E-state index contributed by atoms with van der Waals surface area (Å²) in [5.74, 6) is -3.11. The third-order valence-electron chi connectivity index (χ3n) is 6.84. The number of hydrogen-bond acceptors (Lipinski definition) is 6. The Morgan fingerprint density at radius 2 is 2.00 bits per heavy atom. The van der Waals surface area contributed by atoms with Crippen LogP contribution in [0.2, 0.25) is 0 Å². The van der Waals surface area contributed by atoms with E-state index in [1.54, 1.807) is 4.90 Å². The molecule has 2 unspecified atom stereocenters. The molecular weight excluding hydrogens is 436 g/mol. The quantitative estimate of drug-likeness (QED) is 0.705. The number of aromatic carboxylic acids is 1. The van der Waals surface area contributed by atoms with Gasteiger partial charge in [0.15, 0.2) is 5.82 Å². The van der Waals surface area contributed by atoms with Gasteiger partial charge in [-0.1, -0.05) is 0 Å². The van der Waals surface area contributed by atoms with Crippen LogP contribution in [-0.4, -0.2) is 71.3 Å². The van der Waals surface area contributed by atoms with Crippen molar-refractivity contribution in [2.45, 2.75) is 44.4 Å². The maximum atomic E-state index is 15.9. The van der Waals surface area contributed by atoms with Crippen molar-refractivity contribution in [3.8, 4) is 0 Å². The van der Waals surface area contributed by atoms with Gasteiger partial charge in [-0.05, 0) is 25.8 Å². The standard InChI is InChI=1S/C23H25F2N3O5/c1-12(29)4-5-26-6-7-33-18-11-27(10-17(18)26)21-16(24)8-14-20(19(21)25)28(13-2-3-13)9-15(22(14)30)23(31)32/h8-9,13,17-18H,2-7,10-11H2,1H3,(H,31,32). The molecule has 2 atom stereocenters. The average Bonchev–Trinajstić information content (AvgIpc) is 3.51. The Kier molecular flexibility index (Phi) is 5.44. The summed E-state index contributed by atoms with van der Waals surface area (Å²) in [5, 5.41) is 9.12. The lowest BCUT2D eigenvalue weighted by molar-refractivity contribution is -0.118. The number of hydrogen-bond donors (Lipinski definition) is 1. The minimum absolute atomic E-state index is 0.0619. The highest BCUT2D eigenvalue weighted by atomic mass is 19.1. The Labute approximate surface area is 188 Å². The molecule has 0 radical (unpaired) electrons. The van der Waals surface area contributed by atoms with E-state index in [-0.39, 0.29) is 47.1 Å². The number of halogens is 2. The smallest absolute Gasteiger partial charge is 0.341 e. The van der Waals surface area contributed by atoms with Gasteiger partial charge >= 0.3 is 5.97 Å². The molecule has 5 rings (SSSR count). The Hall–Kier alpha value is -2.85. The molecule has 2 aliphatic heterocycles. The third-order valence-corrected chi connectivity index (χ3v) is 6.84. The normalized spacial score (nSPS) is 23.2. The SMILES string of the molecule is CC(=O)CCN1CCOC2CN(c3c(F)cc4c(=O)c(C(=O)O)cn(C5CC5)c4c3F)CC21. The lowest BCUT2D eigenvalue weighted by Crippen LogP contribution is -2.51. The number of rotatable bonds is 6. The Morgan fingerprint density at radius 1 is 1.24 bits per heavy atom. The van der Waals surface area contributed by atoms with Crippen molar-refractivity contribution in [1.29, 1.82) is 0 Å². The number of nitrogens with zero attached hydrogens (tertiary/aromatic N) is 3. The van der Waals surface area contributed by atoms with Crippen molar-refractivity contribution in [3.63, 3.8) is 0 Å². The summed E-state index contributed by atoms with van der Waals surface area (Å²) in [6.45, 7) is 3.83. The molecule has 1 N–H and O–H groups in total. The number of carbonyl (C=O) groups is 2. The number of carboxylic acids is 1. The van der Waals surface area contributed by atoms with Crippen LogP contribution in [0.1, 0.15) is 42.6 Å². The first-order chi connectivity index (χ1) is 15.8. The molecular formula is C23H25F2N3O5. The molecule has 2 saturated heterocycles. The maximum Gasteiger partial charge on any atom is 0.341 e. The number of pyridine rings is 1. The Morgan fingerprint density at radius 3 is 2.67 bits per heavy atom. The number of ketones is 1. The van der Waals surface area contributed by atoms with Gasteiger partial charge in [-0.2, -0.15) is 0 Å². The topological polar surface area (TPSA) is 92.1 Å². The molecule has 1 saturated carbocycles. The molecule has 3 fully saturated rings. The fourth-order valence-electron chi connectivity index (χ4n) is 5.03.